The van der Waals surface area contributed by atoms with Crippen LogP contribution < -0.4 is 11.0 Å². The molecule has 1 atom stereocenters. The van der Waals surface area contributed by atoms with Crippen LogP contribution in [0.4, 0.5) is 0 Å². The van der Waals surface area contributed by atoms with Crippen LogP contribution in [-0.2, 0) is 6.54 Å². The number of nitrogens with zero attached hydrogens (tertiary/aromatic N) is 2. The molecule has 0 aliphatic heterocycles. The van der Waals surface area contributed by atoms with E-state index in [1.807, 2.05) is 19.1 Å². The van der Waals surface area contributed by atoms with E-state index < -0.39 is 0 Å². The SMILES string of the molecule is CC(NCCn1cc(Cl)cnc1=O)c1ccco1. The van der Waals surface area contributed by atoms with Gasteiger partial charge in [-0.25, -0.2) is 9.78 Å². The normalized spacial score (nSPS) is 12.6. The standard InChI is InChI=1S/C12H14ClN3O2/c1-9(11-3-2-6-18-11)14-4-5-16-8-10(13)7-15-12(16)17/h2-3,6-9,14H,4-5H2,1H3. The summed E-state index contributed by atoms with van der Waals surface area (Å²) in [5, 5.41) is 3.71. The summed E-state index contributed by atoms with van der Waals surface area (Å²) >= 11 is 5.78. The van der Waals surface area contributed by atoms with Crippen LogP contribution in [0.5, 0.6) is 0 Å². The van der Waals surface area contributed by atoms with Crippen LogP contribution in [0.1, 0.15) is 18.7 Å². The van der Waals surface area contributed by atoms with Crippen LogP contribution in [0, 0.1) is 0 Å². The minimum Gasteiger partial charge on any atom is -0.468 e. The second kappa shape index (κ2) is 5.84. The summed E-state index contributed by atoms with van der Waals surface area (Å²) in [7, 11) is 0. The summed E-state index contributed by atoms with van der Waals surface area (Å²) < 4.78 is 6.75. The van der Waals surface area contributed by atoms with Crippen LogP contribution in [0.15, 0.2) is 40.0 Å². The molecule has 5 nitrogen and oxygen atoms in total. The Bertz CT molecular complexity index is 551. The van der Waals surface area contributed by atoms with Crippen LogP contribution in [-0.4, -0.2) is 16.1 Å². The first-order chi connectivity index (χ1) is 8.66. The molecule has 96 valence electrons. The summed E-state index contributed by atoms with van der Waals surface area (Å²) in [6.45, 7) is 3.14. The molecule has 6 heteroatoms. The van der Waals surface area contributed by atoms with Crippen molar-refractivity contribution >= 4 is 11.6 Å². The van der Waals surface area contributed by atoms with Gasteiger partial charge in [-0.2, -0.15) is 0 Å². The van der Waals surface area contributed by atoms with E-state index in [-0.39, 0.29) is 11.7 Å². The second-order valence-electron chi connectivity index (χ2n) is 3.94. The molecule has 0 saturated carbocycles. The molecular weight excluding hydrogens is 254 g/mol. The van der Waals surface area contributed by atoms with Gasteiger partial charge in [0.15, 0.2) is 0 Å². The zero-order valence-electron chi connectivity index (χ0n) is 9.97. The molecule has 0 aliphatic carbocycles. The first kappa shape index (κ1) is 12.9. The highest BCUT2D eigenvalue weighted by Gasteiger charge is 2.07. The maximum Gasteiger partial charge on any atom is 0.347 e. The van der Waals surface area contributed by atoms with Crippen LogP contribution in [0.3, 0.4) is 0 Å². The van der Waals surface area contributed by atoms with Gasteiger partial charge in [0.05, 0.1) is 23.5 Å². The first-order valence-electron chi connectivity index (χ1n) is 5.65. The van der Waals surface area contributed by atoms with Crippen LogP contribution >= 0.6 is 11.6 Å². The molecule has 0 aromatic carbocycles. The van der Waals surface area contributed by atoms with E-state index in [2.05, 4.69) is 10.3 Å². The van der Waals surface area contributed by atoms with Crippen molar-refractivity contribution in [3.05, 3.63) is 52.1 Å². The van der Waals surface area contributed by atoms with E-state index in [9.17, 15) is 4.79 Å². The maximum absolute atomic E-state index is 11.4. The molecule has 1 N–H and O–H groups in total. The molecule has 0 spiro atoms. The molecule has 0 radical (unpaired) electrons. The molecule has 1 unspecified atom stereocenters. The molecule has 0 saturated heterocycles. The van der Waals surface area contributed by atoms with Crippen molar-refractivity contribution in [1.82, 2.24) is 14.9 Å². The molecule has 18 heavy (non-hydrogen) atoms. The number of nitrogens with one attached hydrogen (secondary N) is 1. The van der Waals surface area contributed by atoms with Gasteiger partial charge in [-0.3, -0.25) is 4.57 Å². The largest absolute Gasteiger partial charge is 0.468 e. The summed E-state index contributed by atoms with van der Waals surface area (Å²) in [6.07, 6.45) is 4.56. The average Bonchev–Trinajstić information content (AvgIpc) is 2.87. The van der Waals surface area contributed by atoms with Gasteiger partial charge in [0.25, 0.3) is 0 Å². The van der Waals surface area contributed by atoms with Gasteiger partial charge in [0.1, 0.15) is 5.76 Å². The van der Waals surface area contributed by atoms with Crippen molar-refractivity contribution in [3.63, 3.8) is 0 Å². The third-order valence-corrected chi connectivity index (χ3v) is 2.79. The lowest BCUT2D eigenvalue weighted by Crippen LogP contribution is -2.29. The predicted molar refractivity (Wildman–Crippen MR) is 68.6 cm³/mol. The fourth-order valence-electron chi connectivity index (χ4n) is 1.63. The maximum atomic E-state index is 11.4. The summed E-state index contributed by atoms with van der Waals surface area (Å²) in [5.74, 6) is 0.867. The molecule has 2 heterocycles. The highest BCUT2D eigenvalue weighted by molar-refractivity contribution is 6.30. The topological polar surface area (TPSA) is 60.1 Å². The Hall–Kier alpha value is -1.59. The number of aromatic nitrogens is 2. The van der Waals surface area contributed by atoms with Crippen molar-refractivity contribution in [1.29, 1.82) is 0 Å². The van der Waals surface area contributed by atoms with Gasteiger partial charge < -0.3 is 9.73 Å². The lowest BCUT2D eigenvalue weighted by molar-refractivity contribution is 0.421. The molecule has 2 aromatic heterocycles. The highest BCUT2D eigenvalue weighted by Crippen LogP contribution is 2.11. The van der Waals surface area contributed by atoms with E-state index in [0.717, 1.165) is 5.76 Å². The number of hydrogen-bond donors (Lipinski definition) is 1. The fourth-order valence-corrected chi connectivity index (χ4v) is 1.80. The van der Waals surface area contributed by atoms with E-state index in [0.29, 0.717) is 18.1 Å². The predicted octanol–water partition coefficient (Wildman–Crippen LogP) is 1.84. The quantitative estimate of drug-likeness (QED) is 0.898. The van der Waals surface area contributed by atoms with Crippen molar-refractivity contribution in [2.45, 2.75) is 19.5 Å². The van der Waals surface area contributed by atoms with Gasteiger partial charge in [0, 0.05) is 19.3 Å². The van der Waals surface area contributed by atoms with Crippen molar-refractivity contribution < 1.29 is 4.42 Å². The molecular formula is C12H14ClN3O2. The van der Waals surface area contributed by atoms with E-state index in [4.69, 9.17) is 16.0 Å². The van der Waals surface area contributed by atoms with Gasteiger partial charge >= 0.3 is 5.69 Å². The Balaban J connectivity index is 1.89. The Labute approximate surface area is 109 Å². The molecule has 0 amide bonds. The molecule has 0 fully saturated rings. The molecule has 0 bridgehead atoms. The van der Waals surface area contributed by atoms with E-state index in [1.54, 1.807) is 12.5 Å². The van der Waals surface area contributed by atoms with E-state index in [1.165, 1.54) is 10.8 Å². The fraction of sp³-hybridized carbons (Fsp3) is 0.333. The Morgan fingerprint density at radius 2 is 2.44 bits per heavy atom. The zero-order chi connectivity index (χ0) is 13.0. The summed E-state index contributed by atoms with van der Waals surface area (Å²) in [6, 6.07) is 3.85. The number of hydrogen-bond acceptors (Lipinski definition) is 4. The van der Waals surface area contributed by atoms with E-state index >= 15 is 0 Å². The molecule has 2 rings (SSSR count). The smallest absolute Gasteiger partial charge is 0.347 e. The highest BCUT2D eigenvalue weighted by atomic mass is 35.5. The minimum absolute atomic E-state index is 0.0999. The van der Waals surface area contributed by atoms with Gasteiger partial charge in [-0.15, -0.1) is 0 Å². The second-order valence-corrected chi connectivity index (χ2v) is 4.38. The van der Waals surface area contributed by atoms with Crippen molar-refractivity contribution in [3.8, 4) is 0 Å². The number of furan rings is 1. The summed E-state index contributed by atoms with van der Waals surface area (Å²) in [4.78, 5) is 15.1. The van der Waals surface area contributed by atoms with Crippen LogP contribution in [0.2, 0.25) is 5.02 Å². The third-order valence-electron chi connectivity index (χ3n) is 2.60. The van der Waals surface area contributed by atoms with Gasteiger partial charge in [0.2, 0.25) is 0 Å². The lowest BCUT2D eigenvalue weighted by atomic mass is 10.2. The lowest BCUT2D eigenvalue weighted by Gasteiger charge is -2.11. The Morgan fingerprint density at radius 3 is 3.17 bits per heavy atom. The minimum atomic E-state index is -0.299. The zero-order valence-corrected chi connectivity index (χ0v) is 10.7. The first-order valence-corrected chi connectivity index (χ1v) is 6.03. The number of rotatable bonds is 5. The Morgan fingerprint density at radius 1 is 1.61 bits per heavy atom. The van der Waals surface area contributed by atoms with Gasteiger partial charge in [-0.1, -0.05) is 11.6 Å². The average molecular weight is 268 g/mol. The van der Waals surface area contributed by atoms with Crippen molar-refractivity contribution in [2.75, 3.05) is 6.54 Å². The molecule has 2 aromatic rings. The van der Waals surface area contributed by atoms with Crippen LogP contribution in [0.25, 0.3) is 0 Å². The van der Waals surface area contributed by atoms with Gasteiger partial charge in [-0.05, 0) is 19.1 Å². The molecule has 0 aliphatic rings. The van der Waals surface area contributed by atoms with Crippen molar-refractivity contribution in [2.24, 2.45) is 0 Å². The Kier molecular flexibility index (Phi) is 4.17. The monoisotopic (exact) mass is 267 g/mol. The number of halogens is 1. The summed E-state index contributed by atoms with van der Waals surface area (Å²) in [5.41, 5.74) is -0.299. The third kappa shape index (κ3) is 3.21.